The van der Waals surface area contributed by atoms with Gasteiger partial charge >= 0.3 is 0 Å². The van der Waals surface area contributed by atoms with Crippen molar-refractivity contribution >= 4 is 17.4 Å². The summed E-state index contributed by atoms with van der Waals surface area (Å²) in [5, 5.41) is 33.2. The lowest BCUT2D eigenvalue weighted by Crippen LogP contribution is -2.19. The van der Waals surface area contributed by atoms with Crippen molar-refractivity contribution in [1.82, 2.24) is 0 Å². The Morgan fingerprint density at radius 1 is 1.05 bits per heavy atom. The van der Waals surface area contributed by atoms with Gasteiger partial charge in [0.15, 0.2) is 17.3 Å². The van der Waals surface area contributed by atoms with Crippen molar-refractivity contribution in [3.8, 4) is 11.5 Å². The molecular weight excluding hydrogens is 274 g/mol. The summed E-state index contributed by atoms with van der Waals surface area (Å²) in [6.45, 7) is 0. The number of aromatic hydroxyl groups is 2. The minimum absolute atomic E-state index is 0.0932. The molecule has 0 unspecified atom stereocenters. The van der Waals surface area contributed by atoms with E-state index in [0.29, 0.717) is 11.3 Å². The third kappa shape index (κ3) is 2.86. The van der Waals surface area contributed by atoms with Crippen LogP contribution in [0.2, 0.25) is 0 Å². The second-order valence-corrected chi connectivity index (χ2v) is 4.16. The average molecular weight is 287 g/mol. The quantitative estimate of drug-likeness (QED) is 0.192. The Morgan fingerprint density at radius 3 is 2.43 bits per heavy atom. The Morgan fingerprint density at radius 2 is 1.71 bits per heavy atom. The third-order valence-electron chi connectivity index (χ3n) is 2.82. The van der Waals surface area contributed by atoms with Crippen LogP contribution in [-0.4, -0.2) is 27.2 Å². The number of nitrogens with two attached hydrogens (primary N) is 1. The van der Waals surface area contributed by atoms with Crippen LogP contribution in [0, 0.1) is 0 Å². The largest absolute Gasteiger partial charge is 0.504 e. The summed E-state index contributed by atoms with van der Waals surface area (Å²) in [7, 11) is 0. The molecule has 0 aromatic heterocycles. The number of hydrogen-bond donors (Lipinski definition) is 5. The molecule has 2 aromatic rings. The van der Waals surface area contributed by atoms with Crippen LogP contribution >= 0.6 is 0 Å². The number of phenolic OH excluding ortho intramolecular Hbond substituents is 2. The van der Waals surface area contributed by atoms with Crippen LogP contribution in [0.15, 0.2) is 47.6 Å². The summed E-state index contributed by atoms with van der Waals surface area (Å²) < 4.78 is 0. The van der Waals surface area contributed by atoms with Gasteiger partial charge in [-0.3, -0.25) is 4.79 Å². The minimum Gasteiger partial charge on any atom is -0.504 e. The number of nitrogens with zero attached hydrogens (tertiary/aromatic N) is 1. The highest BCUT2D eigenvalue weighted by Crippen LogP contribution is 2.29. The van der Waals surface area contributed by atoms with Gasteiger partial charge in [0.25, 0.3) is 5.91 Å². The molecule has 21 heavy (non-hydrogen) atoms. The SMILES string of the molecule is N/C(=N/O)c1ccccc1NC(=O)c1cccc(O)c1O. The average Bonchev–Trinajstić information content (AvgIpc) is 2.49. The molecule has 0 radical (unpaired) electrons. The maximum Gasteiger partial charge on any atom is 0.259 e. The molecule has 1 amide bonds. The molecule has 0 atom stereocenters. The Labute approximate surface area is 120 Å². The summed E-state index contributed by atoms with van der Waals surface area (Å²) in [6, 6.07) is 10.5. The molecule has 7 nitrogen and oxygen atoms in total. The van der Waals surface area contributed by atoms with E-state index in [2.05, 4.69) is 10.5 Å². The van der Waals surface area contributed by atoms with Crippen molar-refractivity contribution in [2.24, 2.45) is 10.9 Å². The number of rotatable bonds is 3. The van der Waals surface area contributed by atoms with Gasteiger partial charge in [-0.1, -0.05) is 23.4 Å². The summed E-state index contributed by atoms with van der Waals surface area (Å²) in [5.74, 6) is -1.71. The number of benzene rings is 2. The summed E-state index contributed by atoms with van der Waals surface area (Å²) in [5.41, 5.74) is 6.06. The van der Waals surface area contributed by atoms with Gasteiger partial charge in [0.2, 0.25) is 0 Å². The fourth-order valence-corrected chi connectivity index (χ4v) is 1.77. The zero-order valence-electron chi connectivity index (χ0n) is 10.8. The first-order valence-corrected chi connectivity index (χ1v) is 5.93. The maximum absolute atomic E-state index is 12.1. The van der Waals surface area contributed by atoms with Gasteiger partial charge in [-0.2, -0.15) is 0 Å². The number of carbonyl (C=O) groups is 1. The number of carbonyl (C=O) groups excluding carboxylic acids is 1. The molecule has 0 aliphatic heterocycles. The molecule has 0 bridgehead atoms. The van der Waals surface area contributed by atoms with Crippen LogP contribution in [0.3, 0.4) is 0 Å². The van der Waals surface area contributed by atoms with Gasteiger partial charge in [0.05, 0.1) is 11.3 Å². The number of para-hydroxylation sites is 2. The molecule has 0 aliphatic rings. The molecule has 0 aliphatic carbocycles. The number of amides is 1. The minimum atomic E-state index is -0.637. The van der Waals surface area contributed by atoms with Gasteiger partial charge < -0.3 is 26.5 Å². The lowest BCUT2D eigenvalue weighted by Gasteiger charge is -2.11. The number of nitrogens with one attached hydrogen (secondary N) is 1. The van der Waals surface area contributed by atoms with E-state index in [1.807, 2.05) is 0 Å². The second-order valence-electron chi connectivity index (χ2n) is 4.16. The predicted molar refractivity (Wildman–Crippen MR) is 76.7 cm³/mol. The van der Waals surface area contributed by atoms with E-state index in [1.54, 1.807) is 24.3 Å². The first-order chi connectivity index (χ1) is 10.0. The molecule has 0 heterocycles. The van der Waals surface area contributed by atoms with Crippen LogP contribution in [0.1, 0.15) is 15.9 Å². The molecule has 2 rings (SSSR count). The lowest BCUT2D eigenvalue weighted by molar-refractivity contribution is 0.102. The van der Waals surface area contributed by atoms with E-state index in [-0.39, 0.29) is 11.4 Å². The Bertz CT molecular complexity index is 713. The highest BCUT2D eigenvalue weighted by Gasteiger charge is 2.16. The second kappa shape index (κ2) is 5.83. The standard InChI is InChI=1S/C14H13N3O4/c15-13(17-21)8-4-1-2-6-10(8)16-14(20)9-5-3-7-11(18)12(9)19/h1-7,18-19,21H,(H2,15,17)(H,16,20). The number of amidine groups is 1. The van der Waals surface area contributed by atoms with E-state index in [4.69, 9.17) is 10.9 Å². The highest BCUT2D eigenvalue weighted by molar-refractivity contribution is 6.11. The van der Waals surface area contributed by atoms with Crippen molar-refractivity contribution in [3.63, 3.8) is 0 Å². The zero-order valence-corrected chi connectivity index (χ0v) is 10.8. The van der Waals surface area contributed by atoms with Crippen molar-refractivity contribution in [1.29, 1.82) is 0 Å². The van der Waals surface area contributed by atoms with Crippen LogP contribution < -0.4 is 11.1 Å². The molecule has 108 valence electrons. The van der Waals surface area contributed by atoms with E-state index in [9.17, 15) is 15.0 Å². The molecule has 7 heteroatoms. The van der Waals surface area contributed by atoms with Gasteiger partial charge in [0.1, 0.15) is 0 Å². The van der Waals surface area contributed by atoms with Gasteiger partial charge in [-0.15, -0.1) is 0 Å². The molecule has 0 saturated carbocycles. The topological polar surface area (TPSA) is 128 Å². The zero-order chi connectivity index (χ0) is 15.4. The van der Waals surface area contributed by atoms with Crippen LogP contribution in [0.4, 0.5) is 5.69 Å². The molecule has 6 N–H and O–H groups in total. The van der Waals surface area contributed by atoms with E-state index in [1.165, 1.54) is 18.2 Å². The van der Waals surface area contributed by atoms with Crippen molar-refractivity contribution in [2.45, 2.75) is 0 Å². The number of anilines is 1. The van der Waals surface area contributed by atoms with Crippen molar-refractivity contribution in [3.05, 3.63) is 53.6 Å². The number of phenols is 2. The normalized spacial score (nSPS) is 11.1. The van der Waals surface area contributed by atoms with Gasteiger partial charge in [-0.05, 0) is 24.3 Å². The molecule has 0 fully saturated rings. The predicted octanol–water partition coefficient (Wildman–Crippen LogP) is 1.44. The van der Waals surface area contributed by atoms with Crippen LogP contribution in [0.5, 0.6) is 11.5 Å². The third-order valence-corrected chi connectivity index (χ3v) is 2.82. The molecular formula is C14H13N3O4. The summed E-state index contributed by atoms with van der Waals surface area (Å²) in [4.78, 5) is 12.1. The van der Waals surface area contributed by atoms with Crippen molar-refractivity contribution < 1.29 is 20.2 Å². The monoisotopic (exact) mass is 287 g/mol. The number of oxime groups is 1. The Kier molecular flexibility index (Phi) is 3.94. The lowest BCUT2D eigenvalue weighted by atomic mass is 10.1. The summed E-state index contributed by atoms with van der Waals surface area (Å²) in [6.07, 6.45) is 0. The number of hydrogen-bond acceptors (Lipinski definition) is 5. The summed E-state index contributed by atoms with van der Waals surface area (Å²) >= 11 is 0. The van der Waals surface area contributed by atoms with Gasteiger partial charge in [0, 0.05) is 5.56 Å². The van der Waals surface area contributed by atoms with Crippen molar-refractivity contribution in [2.75, 3.05) is 5.32 Å². The molecule has 2 aromatic carbocycles. The maximum atomic E-state index is 12.1. The van der Waals surface area contributed by atoms with Gasteiger partial charge in [-0.25, -0.2) is 0 Å². The first kappa shape index (κ1) is 14.2. The Hall–Kier alpha value is -3.22. The van der Waals surface area contributed by atoms with E-state index in [0.717, 1.165) is 0 Å². The first-order valence-electron chi connectivity index (χ1n) is 5.93. The van der Waals surface area contributed by atoms with E-state index >= 15 is 0 Å². The fraction of sp³-hybridized carbons (Fsp3) is 0. The fourth-order valence-electron chi connectivity index (χ4n) is 1.77. The van der Waals surface area contributed by atoms with Crippen LogP contribution in [0.25, 0.3) is 0 Å². The highest BCUT2D eigenvalue weighted by atomic mass is 16.4. The van der Waals surface area contributed by atoms with Crippen LogP contribution in [-0.2, 0) is 0 Å². The molecule has 0 spiro atoms. The Balaban J connectivity index is 2.35. The van der Waals surface area contributed by atoms with E-state index < -0.39 is 17.4 Å². The smallest absolute Gasteiger partial charge is 0.259 e. The molecule has 0 saturated heterocycles.